The lowest BCUT2D eigenvalue weighted by Gasteiger charge is -2.13. The number of rotatable bonds is 4. The molecule has 23 heavy (non-hydrogen) atoms. The molecule has 0 saturated heterocycles. The maximum atomic E-state index is 12.0. The van der Waals surface area contributed by atoms with Crippen molar-refractivity contribution in [1.29, 1.82) is 0 Å². The molecular weight excluding hydrogens is 328 g/mol. The molecule has 5 heteroatoms. The fraction of sp³-hybridized carbons (Fsp3) is 0.389. The van der Waals surface area contributed by atoms with Gasteiger partial charge >= 0.3 is 6.03 Å². The highest BCUT2D eigenvalue weighted by atomic mass is 35.5. The summed E-state index contributed by atoms with van der Waals surface area (Å²) in [4.78, 5) is 13.6. The Bertz CT molecular complexity index is 711. The van der Waals surface area contributed by atoms with Gasteiger partial charge in [0.15, 0.2) is 0 Å². The molecule has 2 N–H and O–H groups in total. The number of fused-ring (bicyclic) bond motifs is 1. The molecule has 1 aliphatic carbocycles. The third-order valence-corrected chi connectivity index (χ3v) is 5.65. The van der Waals surface area contributed by atoms with Gasteiger partial charge in [0.1, 0.15) is 0 Å². The van der Waals surface area contributed by atoms with E-state index in [9.17, 15) is 4.79 Å². The second-order valence-corrected chi connectivity index (χ2v) is 7.36. The van der Waals surface area contributed by atoms with Gasteiger partial charge in [-0.2, -0.15) is 0 Å². The summed E-state index contributed by atoms with van der Waals surface area (Å²) in [6.07, 6.45) is 5.92. The standard InChI is InChI=1S/C18H21ClN2OS/c1-12-6-7-14(19)10-16(12)21-18(22)20-9-8-13-11-23-17-5-3-2-4-15(13)17/h6-7,10-11H,2-5,8-9H2,1H3,(H2,20,21,22). The van der Waals surface area contributed by atoms with E-state index in [1.165, 1.54) is 36.8 Å². The van der Waals surface area contributed by atoms with Crippen LogP contribution in [0, 0.1) is 6.92 Å². The van der Waals surface area contributed by atoms with E-state index in [-0.39, 0.29) is 6.03 Å². The van der Waals surface area contributed by atoms with Gasteiger partial charge in [0, 0.05) is 22.1 Å². The molecular formula is C18H21ClN2OS. The Kier molecular flexibility index (Phi) is 5.23. The number of nitrogens with one attached hydrogen (secondary N) is 2. The summed E-state index contributed by atoms with van der Waals surface area (Å²) in [6.45, 7) is 2.60. The number of hydrogen-bond acceptors (Lipinski definition) is 2. The second kappa shape index (κ2) is 7.37. The lowest BCUT2D eigenvalue weighted by Crippen LogP contribution is -2.30. The maximum Gasteiger partial charge on any atom is 0.319 e. The zero-order valence-corrected chi connectivity index (χ0v) is 14.8. The first kappa shape index (κ1) is 16.3. The van der Waals surface area contributed by atoms with E-state index in [4.69, 9.17) is 11.6 Å². The molecule has 0 radical (unpaired) electrons. The van der Waals surface area contributed by atoms with Crippen LogP contribution in [0.5, 0.6) is 0 Å². The molecule has 0 aliphatic heterocycles. The highest BCUT2D eigenvalue weighted by Gasteiger charge is 2.15. The quantitative estimate of drug-likeness (QED) is 0.806. The fourth-order valence-corrected chi connectivity index (χ4v) is 4.33. The topological polar surface area (TPSA) is 41.1 Å². The van der Waals surface area contributed by atoms with E-state index >= 15 is 0 Å². The van der Waals surface area contributed by atoms with Crippen LogP contribution in [0.4, 0.5) is 10.5 Å². The number of carbonyl (C=O) groups is 1. The lowest BCUT2D eigenvalue weighted by molar-refractivity contribution is 0.252. The molecule has 1 aliphatic rings. The van der Waals surface area contributed by atoms with Gasteiger partial charge in [0.2, 0.25) is 0 Å². The molecule has 1 aromatic carbocycles. The number of urea groups is 1. The fourth-order valence-electron chi connectivity index (χ4n) is 2.98. The van der Waals surface area contributed by atoms with E-state index in [0.29, 0.717) is 11.6 Å². The van der Waals surface area contributed by atoms with Crippen LogP contribution < -0.4 is 10.6 Å². The molecule has 0 fully saturated rings. The third kappa shape index (κ3) is 4.06. The summed E-state index contributed by atoms with van der Waals surface area (Å²) >= 11 is 7.84. The van der Waals surface area contributed by atoms with Gasteiger partial charge in [0.25, 0.3) is 0 Å². The van der Waals surface area contributed by atoms with Gasteiger partial charge in [-0.05, 0) is 73.2 Å². The third-order valence-electron chi connectivity index (χ3n) is 4.28. The van der Waals surface area contributed by atoms with E-state index < -0.39 is 0 Å². The molecule has 0 unspecified atom stereocenters. The Hall–Kier alpha value is -1.52. The van der Waals surface area contributed by atoms with Crippen LogP contribution in [0.25, 0.3) is 0 Å². The van der Waals surface area contributed by atoms with E-state index in [1.807, 2.05) is 30.4 Å². The maximum absolute atomic E-state index is 12.0. The van der Waals surface area contributed by atoms with Crippen LogP contribution in [-0.2, 0) is 19.3 Å². The molecule has 122 valence electrons. The van der Waals surface area contributed by atoms with Crippen molar-refractivity contribution in [2.24, 2.45) is 0 Å². The van der Waals surface area contributed by atoms with Crippen molar-refractivity contribution in [3.05, 3.63) is 50.2 Å². The summed E-state index contributed by atoms with van der Waals surface area (Å²) in [5.74, 6) is 0. The van der Waals surface area contributed by atoms with Gasteiger partial charge in [-0.1, -0.05) is 17.7 Å². The number of aryl methyl sites for hydroxylation is 2. The summed E-state index contributed by atoms with van der Waals surface area (Å²) in [5.41, 5.74) is 4.69. The number of benzene rings is 1. The molecule has 3 nitrogen and oxygen atoms in total. The van der Waals surface area contributed by atoms with Crippen molar-refractivity contribution in [3.8, 4) is 0 Å². The molecule has 3 rings (SSSR count). The van der Waals surface area contributed by atoms with Crippen molar-refractivity contribution in [1.82, 2.24) is 5.32 Å². The number of anilines is 1. The lowest BCUT2D eigenvalue weighted by atomic mass is 9.95. The van der Waals surface area contributed by atoms with E-state index in [1.54, 1.807) is 10.9 Å². The first-order valence-corrected chi connectivity index (χ1v) is 9.28. The van der Waals surface area contributed by atoms with Crippen LogP contribution in [0.15, 0.2) is 23.6 Å². The van der Waals surface area contributed by atoms with Gasteiger partial charge in [0.05, 0.1) is 0 Å². The second-order valence-electron chi connectivity index (χ2n) is 5.96. The molecule has 2 amide bonds. The number of thiophene rings is 1. The zero-order chi connectivity index (χ0) is 16.2. The Labute approximate surface area is 146 Å². The summed E-state index contributed by atoms with van der Waals surface area (Å²) < 4.78 is 0. The van der Waals surface area contributed by atoms with Gasteiger partial charge in [-0.15, -0.1) is 11.3 Å². The Morgan fingerprint density at radius 1 is 1.30 bits per heavy atom. The first-order valence-electron chi connectivity index (χ1n) is 8.02. The van der Waals surface area contributed by atoms with Crippen molar-refractivity contribution in [2.75, 3.05) is 11.9 Å². The van der Waals surface area contributed by atoms with E-state index in [0.717, 1.165) is 17.7 Å². The van der Waals surface area contributed by atoms with E-state index in [2.05, 4.69) is 16.0 Å². The number of amides is 2. The minimum Gasteiger partial charge on any atom is -0.338 e. The zero-order valence-electron chi connectivity index (χ0n) is 13.2. The normalized spacial score (nSPS) is 13.5. The highest BCUT2D eigenvalue weighted by Crippen LogP contribution is 2.30. The number of carbonyl (C=O) groups excluding carboxylic acids is 1. The number of hydrogen-bond donors (Lipinski definition) is 2. The average Bonchev–Trinajstić information content (AvgIpc) is 2.94. The molecule has 1 aromatic heterocycles. The van der Waals surface area contributed by atoms with Crippen LogP contribution in [0.2, 0.25) is 5.02 Å². The Balaban J connectivity index is 1.51. The predicted octanol–water partition coefficient (Wildman–Crippen LogP) is 4.95. The Morgan fingerprint density at radius 2 is 2.13 bits per heavy atom. The largest absolute Gasteiger partial charge is 0.338 e. The van der Waals surface area contributed by atoms with Gasteiger partial charge < -0.3 is 10.6 Å². The molecule has 0 spiro atoms. The predicted molar refractivity (Wildman–Crippen MR) is 97.9 cm³/mol. The minimum atomic E-state index is -0.181. The smallest absolute Gasteiger partial charge is 0.319 e. The van der Waals surface area contributed by atoms with Crippen LogP contribution in [-0.4, -0.2) is 12.6 Å². The summed E-state index contributed by atoms with van der Waals surface area (Å²) in [6, 6.07) is 5.31. The Morgan fingerprint density at radius 3 is 3.00 bits per heavy atom. The summed E-state index contributed by atoms with van der Waals surface area (Å²) in [5, 5.41) is 8.68. The van der Waals surface area contributed by atoms with Crippen molar-refractivity contribution in [2.45, 2.75) is 39.0 Å². The molecule has 2 aromatic rings. The SMILES string of the molecule is Cc1ccc(Cl)cc1NC(=O)NCCc1csc2c1CCCC2. The van der Waals surface area contributed by atoms with Gasteiger partial charge in [-0.25, -0.2) is 4.79 Å². The molecule has 0 bridgehead atoms. The van der Waals surface area contributed by atoms with Gasteiger partial charge in [-0.3, -0.25) is 0 Å². The van der Waals surface area contributed by atoms with Crippen molar-refractivity contribution in [3.63, 3.8) is 0 Å². The highest BCUT2D eigenvalue weighted by molar-refractivity contribution is 7.10. The van der Waals surface area contributed by atoms with Crippen molar-refractivity contribution < 1.29 is 4.79 Å². The van der Waals surface area contributed by atoms with Crippen LogP contribution in [0.3, 0.4) is 0 Å². The van der Waals surface area contributed by atoms with Crippen LogP contribution >= 0.6 is 22.9 Å². The van der Waals surface area contributed by atoms with Crippen LogP contribution in [0.1, 0.15) is 34.4 Å². The van der Waals surface area contributed by atoms with Crippen molar-refractivity contribution >= 4 is 34.7 Å². The number of halogens is 1. The molecule has 0 atom stereocenters. The molecule has 0 saturated carbocycles. The average molecular weight is 349 g/mol. The minimum absolute atomic E-state index is 0.181. The first-order chi connectivity index (χ1) is 11.1. The summed E-state index contributed by atoms with van der Waals surface area (Å²) in [7, 11) is 0. The monoisotopic (exact) mass is 348 g/mol. The molecule has 1 heterocycles.